The largest absolute Gasteiger partial charge is 0.301 e. The SMILES string of the molecule is CCC1CN(C(CC)C(=O)c2ccccc2)CCN1C. The molecule has 0 aliphatic carbocycles. The molecule has 0 aromatic heterocycles. The number of nitrogens with zero attached hydrogens (tertiary/aromatic N) is 2. The van der Waals surface area contributed by atoms with Crippen LogP contribution in [0.1, 0.15) is 37.0 Å². The molecule has 0 bridgehead atoms. The Hall–Kier alpha value is -1.19. The minimum absolute atomic E-state index is 0.0279. The lowest BCUT2D eigenvalue weighted by molar-refractivity contribution is 0.0505. The Morgan fingerprint density at radius 1 is 1.25 bits per heavy atom. The van der Waals surface area contributed by atoms with Gasteiger partial charge in [0.05, 0.1) is 6.04 Å². The van der Waals surface area contributed by atoms with E-state index in [4.69, 9.17) is 0 Å². The van der Waals surface area contributed by atoms with E-state index in [0.717, 1.165) is 38.0 Å². The second-order valence-electron chi connectivity index (χ2n) is 5.69. The van der Waals surface area contributed by atoms with Gasteiger partial charge in [-0.2, -0.15) is 0 Å². The molecule has 1 aromatic carbocycles. The predicted molar refractivity (Wildman–Crippen MR) is 83.1 cm³/mol. The first-order valence-electron chi connectivity index (χ1n) is 7.70. The molecule has 0 spiro atoms. The minimum atomic E-state index is 0.0279. The van der Waals surface area contributed by atoms with Crippen molar-refractivity contribution in [3.8, 4) is 0 Å². The van der Waals surface area contributed by atoms with Crippen LogP contribution in [0.15, 0.2) is 30.3 Å². The fourth-order valence-corrected chi connectivity index (χ4v) is 3.10. The summed E-state index contributed by atoms with van der Waals surface area (Å²) in [5.74, 6) is 0.271. The van der Waals surface area contributed by atoms with Crippen molar-refractivity contribution in [1.29, 1.82) is 0 Å². The normalized spacial score (nSPS) is 22.6. The summed E-state index contributed by atoms with van der Waals surface area (Å²) in [4.78, 5) is 17.5. The maximum absolute atomic E-state index is 12.7. The molecule has 0 radical (unpaired) electrons. The molecule has 20 heavy (non-hydrogen) atoms. The van der Waals surface area contributed by atoms with Crippen LogP contribution in [0.2, 0.25) is 0 Å². The van der Waals surface area contributed by atoms with E-state index >= 15 is 0 Å². The highest BCUT2D eigenvalue weighted by atomic mass is 16.1. The second-order valence-corrected chi connectivity index (χ2v) is 5.69. The summed E-state index contributed by atoms with van der Waals surface area (Å²) >= 11 is 0. The van der Waals surface area contributed by atoms with Crippen LogP contribution in [-0.4, -0.2) is 54.3 Å². The van der Waals surface area contributed by atoms with Crippen molar-refractivity contribution in [3.05, 3.63) is 35.9 Å². The van der Waals surface area contributed by atoms with Crippen LogP contribution in [0, 0.1) is 0 Å². The zero-order valence-electron chi connectivity index (χ0n) is 12.9. The number of ketones is 1. The Bertz CT molecular complexity index is 432. The number of hydrogen-bond acceptors (Lipinski definition) is 3. The molecular formula is C17H26N2O. The van der Waals surface area contributed by atoms with Gasteiger partial charge in [-0.15, -0.1) is 0 Å². The monoisotopic (exact) mass is 274 g/mol. The lowest BCUT2D eigenvalue weighted by Gasteiger charge is -2.42. The van der Waals surface area contributed by atoms with Crippen molar-refractivity contribution < 1.29 is 4.79 Å². The average molecular weight is 274 g/mol. The molecule has 0 amide bonds. The van der Waals surface area contributed by atoms with E-state index in [0.29, 0.717) is 6.04 Å². The highest BCUT2D eigenvalue weighted by Crippen LogP contribution is 2.18. The van der Waals surface area contributed by atoms with Crippen LogP contribution in [0.4, 0.5) is 0 Å². The standard InChI is InChI=1S/C17H26N2O/c1-4-15-13-19(12-11-18(15)3)16(5-2)17(20)14-9-7-6-8-10-14/h6-10,15-16H,4-5,11-13H2,1-3H3. The van der Waals surface area contributed by atoms with Gasteiger partial charge in [0.2, 0.25) is 0 Å². The third-order valence-electron chi connectivity index (χ3n) is 4.47. The first-order valence-corrected chi connectivity index (χ1v) is 7.70. The summed E-state index contributed by atoms with van der Waals surface area (Å²) in [5.41, 5.74) is 0.839. The number of benzene rings is 1. The van der Waals surface area contributed by atoms with Gasteiger partial charge in [0.25, 0.3) is 0 Å². The third kappa shape index (κ3) is 3.28. The molecule has 110 valence electrons. The van der Waals surface area contributed by atoms with Gasteiger partial charge < -0.3 is 4.90 Å². The van der Waals surface area contributed by atoms with Gasteiger partial charge >= 0.3 is 0 Å². The van der Waals surface area contributed by atoms with E-state index in [1.807, 2.05) is 30.3 Å². The van der Waals surface area contributed by atoms with Crippen LogP contribution >= 0.6 is 0 Å². The van der Waals surface area contributed by atoms with Crippen LogP contribution in [0.5, 0.6) is 0 Å². The summed E-state index contributed by atoms with van der Waals surface area (Å²) in [6.07, 6.45) is 2.02. The van der Waals surface area contributed by atoms with Crippen molar-refractivity contribution in [2.24, 2.45) is 0 Å². The number of carbonyl (C=O) groups is 1. The topological polar surface area (TPSA) is 23.6 Å². The van der Waals surface area contributed by atoms with Gasteiger partial charge in [0.1, 0.15) is 0 Å². The maximum Gasteiger partial charge on any atom is 0.179 e. The number of Topliss-reactive ketones (excluding diaryl/α,β-unsaturated/α-hetero) is 1. The van der Waals surface area contributed by atoms with Gasteiger partial charge in [-0.05, 0) is 19.9 Å². The van der Waals surface area contributed by atoms with Crippen molar-refractivity contribution in [1.82, 2.24) is 9.80 Å². The van der Waals surface area contributed by atoms with Crippen LogP contribution in [0.3, 0.4) is 0 Å². The van der Waals surface area contributed by atoms with E-state index in [9.17, 15) is 4.79 Å². The van der Waals surface area contributed by atoms with Crippen molar-refractivity contribution in [2.75, 3.05) is 26.7 Å². The number of likely N-dealkylation sites (N-methyl/N-ethyl adjacent to an activating group) is 1. The summed E-state index contributed by atoms with van der Waals surface area (Å²) in [7, 11) is 2.19. The van der Waals surface area contributed by atoms with E-state index in [-0.39, 0.29) is 11.8 Å². The fourth-order valence-electron chi connectivity index (χ4n) is 3.10. The lowest BCUT2D eigenvalue weighted by Crippen LogP contribution is -2.55. The second kappa shape index (κ2) is 7.00. The number of carbonyl (C=O) groups excluding carboxylic acids is 1. The Morgan fingerprint density at radius 2 is 1.95 bits per heavy atom. The molecule has 2 atom stereocenters. The lowest BCUT2D eigenvalue weighted by atomic mass is 9.98. The molecule has 1 aliphatic heterocycles. The summed E-state index contributed by atoms with van der Waals surface area (Å²) in [5, 5.41) is 0. The van der Waals surface area contributed by atoms with Crippen molar-refractivity contribution in [3.63, 3.8) is 0 Å². The molecule has 1 aliphatic rings. The molecule has 1 fully saturated rings. The molecule has 3 nitrogen and oxygen atoms in total. The van der Waals surface area contributed by atoms with Crippen LogP contribution in [0.25, 0.3) is 0 Å². The molecule has 1 saturated heterocycles. The van der Waals surface area contributed by atoms with Gasteiger partial charge in [-0.3, -0.25) is 9.69 Å². The number of rotatable bonds is 5. The molecule has 1 aromatic rings. The summed E-state index contributed by atoms with van der Waals surface area (Å²) in [6.45, 7) is 7.39. The Labute approximate surface area is 122 Å². The molecule has 0 N–H and O–H groups in total. The van der Waals surface area contributed by atoms with Crippen molar-refractivity contribution in [2.45, 2.75) is 38.8 Å². The first-order chi connectivity index (χ1) is 9.67. The summed E-state index contributed by atoms with van der Waals surface area (Å²) in [6, 6.07) is 10.3. The first kappa shape index (κ1) is 15.2. The fraction of sp³-hybridized carbons (Fsp3) is 0.588. The highest BCUT2D eigenvalue weighted by molar-refractivity contribution is 6.00. The zero-order valence-corrected chi connectivity index (χ0v) is 12.9. The van der Waals surface area contributed by atoms with Gasteiger partial charge in [-0.1, -0.05) is 44.2 Å². The predicted octanol–water partition coefficient (Wildman–Crippen LogP) is 2.67. The summed E-state index contributed by atoms with van der Waals surface area (Å²) < 4.78 is 0. The van der Waals surface area contributed by atoms with Gasteiger partial charge in [0, 0.05) is 31.2 Å². The van der Waals surface area contributed by atoms with Gasteiger partial charge in [0.15, 0.2) is 5.78 Å². The smallest absolute Gasteiger partial charge is 0.179 e. The van der Waals surface area contributed by atoms with E-state index in [1.165, 1.54) is 0 Å². The minimum Gasteiger partial charge on any atom is -0.301 e. The Balaban J connectivity index is 2.10. The Morgan fingerprint density at radius 3 is 2.55 bits per heavy atom. The van der Waals surface area contributed by atoms with Crippen LogP contribution < -0.4 is 0 Å². The molecule has 3 heteroatoms. The molecular weight excluding hydrogens is 248 g/mol. The average Bonchev–Trinajstić information content (AvgIpc) is 2.50. The zero-order chi connectivity index (χ0) is 14.5. The highest BCUT2D eigenvalue weighted by Gasteiger charge is 2.31. The molecule has 2 unspecified atom stereocenters. The molecule has 2 rings (SSSR count). The third-order valence-corrected chi connectivity index (χ3v) is 4.47. The van der Waals surface area contributed by atoms with Crippen molar-refractivity contribution >= 4 is 5.78 Å². The maximum atomic E-state index is 12.7. The van der Waals surface area contributed by atoms with Crippen LogP contribution in [-0.2, 0) is 0 Å². The Kier molecular flexibility index (Phi) is 5.32. The number of hydrogen-bond donors (Lipinski definition) is 0. The quantitative estimate of drug-likeness (QED) is 0.771. The molecule has 1 heterocycles. The molecule has 0 saturated carbocycles. The van der Waals surface area contributed by atoms with E-state index in [1.54, 1.807) is 0 Å². The van der Waals surface area contributed by atoms with E-state index < -0.39 is 0 Å². The van der Waals surface area contributed by atoms with E-state index in [2.05, 4.69) is 30.7 Å². The number of piperazine rings is 1. The van der Waals surface area contributed by atoms with Gasteiger partial charge in [-0.25, -0.2) is 0 Å².